The summed E-state index contributed by atoms with van der Waals surface area (Å²) in [6, 6.07) is 0. The van der Waals surface area contributed by atoms with Crippen LogP contribution in [-0.4, -0.2) is 12.3 Å². The van der Waals surface area contributed by atoms with Gasteiger partial charge in [0.1, 0.15) is 0 Å². The molecular weight excluding hydrogens is 548 g/mol. The molecule has 5 atom stereocenters. The summed E-state index contributed by atoms with van der Waals surface area (Å²) in [6.07, 6.45) is 13.3. The lowest BCUT2D eigenvalue weighted by Crippen LogP contribution is -2.53. The van der Waals surface area contributed by atoms with Crippen LogP contribution in [0, 0.1) is 64.7 Å². The summed E-state index contributed by atoms with van der Waals surface area (Å²) in [5.74, 6) is -2.76. The predicted octanol–water partition coefficient (Wildman–Crippen LogP) is 11.6. The van der Waals surface area contributed by atoms with E-state index in [1.807, 2.05) is 13.8 Å². The van der Waals surface area contributed by atoms with Crippen LogP contribution in [0.15, 0.2) is 36.5 Å². The fourth-order valence-electron chi connectivity index (χ4n) is 8.30. The second-order valence-corrected chi connectivity index (χ2v) is 13.4. The van der Waals surface area contributed by atoms with Crippen LogP contribution in [0.25, 0.3) is 5.70 Å². The zero-order valence-electron chi connectivity index (χ0n) is 26.7. The lowest BCUT2D eigenvalue weighted by Gasteiger charge is -2.60. The molecule has 0 radical (unpaired) electrons. The minimum absolute atomic E-state index is 0. The highest BCUT2D eigenvalue weighted by Gasteiger charge is 2.55. The molecule has 1 aromatic carbocycles. The number of fused-ring (bicyclic) bond motifs is 3. The van der Waals surface area contributed by atoms with Crippen LogP contribution < -0.4 is 5.32 Å². The summed E-state index contributed by atoms with van der Waals surface area (Å²) in [5, 5.41) is 2.72. The Balaban J connectivity index is 0.00000237. The van der Waals surface area contributed by atoms with Crippen LogP contribution in [-0.2, 0) is 0 Å². The van der Waals surface area contributed by atoms with Crippen LogP contribution in [0.2, 0.25) is 0 Å². The van der Waals surface area contributed by atoms with E-state index >= 15 is 0 Å². The second kappa shape index (κ2) is 15.1. The molecule has 1 aromatic rings. The summed E-state index contributed by atoms with van der Waals surface area (Å²) in [4.78, 5) is 4.89. The van der Waals surface area contributed by atoms with E-state index in [1.165, 1.54) is 44.2 Å². The Morgan fingerprint density at radius 1 is 1.00 bits per heavy atom. The molecule has 1 N–H and O–H groups in total. The quantitative estimate of drug-likeness (QED) is 0.169. The lowest BCUT2D eigenvalue weighted by molar-refractivity contribution is -0.0990. The fraction of sp³-hybridized carbons (Fsp3) is 0.649. The number of halogens is 4. The highest BCUT2D eigenvalue weighted by atomic mass is 19.2. The van der Waals surface area contributed by atoms with Gasteiger partial charge >= 0.3 is 0 Å². The van der Waals surface area contributed by atoms with Crippen molar-refractivity contribution < 1.29 is 19.0 Å². The molecule has 2 nitrogen and oxygen atoms in total. The first-order valence-electron chi connectivity index (χ1n) is 15.9. The van der Waals surface area contributed by atoms with E-state index in [0.717, 1.165) is 43.9 Å². The Bertz CT molecular complexity index is 1180. The van der Waals surface area contributed by atoms with Gasteiger partial charge in [0.25, 0.3) is 0 Å². The molecule has 43 heavy (non-hydrogen) atoms. The van der Waals surface area contributed by atoms with E-state index < -0.39 is 34.4 Å². The third-order valence-corrected chi connectivity index (χ3v) is 10.7. The Kier molecular flexibility index (Phi) is 12.9. The van der Waals surface area contributed by atoms with Gasteiger partial charge in [0.05, 0.1) is 5.56 Å². The summed E-state index contributed by atoms with van der Waals surface area (Å²) in [7, 11) is 0. The van der Waals surface area contributed by atoms with Crippen molar-refractivity contribution in [2.45, 2.75) is 113 Å². The van der Waals surface area contributed by atoms with Gasteiger partial charge in [0, 0.05) is 37.1 Å². The van der Waals surface area contributed by atoms with Crippen molar-refractivity contribution in [2.75, 3.05) is 6.54 Å². The molecule has 0 spiro atoms. The first-order valence-corrected chi connectivity index (χ1v) is 15.9. The molecule has 0 heterocycles. The van der Waals surface area contributed by atoms with E-state index in [0.29, 0.717) is 35.4 Å². The highest BCUT2D eigenvalue weighted by Crippen LogP contribution is 2.63. The predicted molar refractivity (Wildman–Crippen MR) is 177 cm³/mol. The zero-order valence-corrected chi connectivity index (χ0v) is 26.7. The molecule has 244 valence electrons. The standard InChI is InChI=1S/C34H46F4N2.C2H6.CH4.H2/c1-8-9-10-26-25-12-11-23-19-24(13-17-34(23,7)27(25)14-16-33(26,5)6)39-18-15-20(2)40-22(4)28-31(37)29(35)21(3)30(36)32(28)38;1-2;;/h8,23,25-27,40H,1-2,4,9-19H2,3,5-7H3;1-2H3;1H4;1H. The topological polar surface area (TPSA) is 24.4 Å². The van der Waals surface area contributed by atoms with E-state index in [2.05, 4.69) is 51.9 Å². The smallest absolute Gasteiger partial charge is 0.171 e. The number of allylic oxidation sites excluding steroid dienone is 1. The van der Waals surface area contributed by atoms with Gasteiger partial charge in [0.15, 0.2) is 23.3 Å². The molecule has 3 aliphatic rings. The molecular formula is C37H58F4N2. The second-order valence-electron chi connectivity index (χ2n) is 13.4. The van der Waals surface area contributed by atoms with E-state index in [4.69, 9.17) is 4.99 Å². The number of hydrogen-bond acceptors (Lipinski definition) is 2. The molecule has 3 fully saturated rings. The molecule has 0 bridgehead atoms. The Morgan fingerprint density at radius 3 is 2.23 bits per heavy atom. The van der Waals surface area contributed by atoms with E-state index in [1.54, 1.807) is 0 Å². The van der Waals surface area contributed by atoms with Gasteiger partial charge in [-0.25, -0.2) is 17.6 Å². The van der Waals surface area contributed by atoms with Gasteiger partial charge in [-0.2, -0.15) is 0 Å². The maximum Gasteiger partial charge on any atom is 0.171 e. The van der Waals surface area contributed by atoms with Crippen molar-refractivity contribution in [3.63, 3.8) is 0 Å². The molecule has 6 heteroatoms. The molecule has 0 saturated heterocycles. The number of benzene rings is 1. The average Bonchev–Trinajstić information content (AvgIpc) is 2.95. The molecule has 3 aliphatic carbocycles. The molecule has 5 unspecified atom stereocenters. The Hall–Kier alpha value is -2.37. The molecule has 0 aliphatic heterocycles. The summed E-state index contributed by atoms with van der Waals surface area (Å²) in [6.45, 7) is 24.4. The number of hydrogen-bond donors (Lipinski definition) is 1. The summed E-state index contributed by atoms with van der Waals surface area (Å²) in [5.41, 5.74) is 0.637. The first-order chi connectivity index (χ1) is 19.8. The van der Waals surface area contributed by atoms with Gasteiger partial charge < -0.3 is 5.32 Å². The van der Waals surface area contributed by atoms with Gasteiger partial charge in [-0.1, -0.05) is 61.3 Å². The van der Waals surface area contributed by atoms with E-state index in [9.17, 15) is 17.6 Å². The SMILES string of the molecule is C.C=CCCC1C2CCC3CC(=NCCC(=C)NC(=C)c4c(F)c(F)c(C)c(F)c4F)CCC3(C)C2CCC1(C)C.CC.[HH]. The van der Waals surface area contributed by atoms with Gasteiger partial charge in [-0.05, 0) is 99.2 Å². The number of nitrogens with zero attached hydrogens (tertiary/aromatic N) is 1. The van der Waals surface area contributed by atoms with Crippen LogP contribution in [0.3, 0.4) is 0 Å². The lowest BCUT2D eigenvalue weighted by atomic mass is 9.44. The molecule has 3 saturated carbocycles. The highest BCUT2D eigenvalue weighted by molar-refractivity contribution is 5.85. The van der Waals surface area contributed by atoms with Crippen molar-refractivity contribution in [1.82, 2.24) is 5.32 Å². The number of aliphatic imine (C=N–C) groups is 1. The Labute approximate surface area is 260 Å². The maximum atomic E-state index is 14.3. The number of nitrogens with one attached hydrogen (secondary N) is 1. The van der Waals surface area contributed by atoms with Gasteiger partial charge in [-0.3, -0.25) is 4.99 Å². The Morgan fingerprint density at radius 2 is 1.63 bits per heavy atom. The van der Waals surface area contributed by atoms with Crippen LogP contribution in [0.1, 0.15) is 119 Å². The molecule has 0 amide bonds. The average molecular weight is 607 g/mol. The van der Waals surface area contributed by atoms with Gasteiger partial charge in [-0.15, -0.1) is 6.58 Å². The van der Waals surface area contributed by atoms with Crippen LogP contribution in [0.4, 0.5) is 17.6 Å². The normalized spacial score (nSPS) is 28.4. The van der Waals surface area contributed by atoms with Crippen molar-refractivity contribution in [2.24, 2.45) is 39.5 Å². The number of rotatable bonds is 9. The summed E-state index contributed by atoms with van der Waals surface area (Å²) < 4.78 is 56.7. The first kappa shape index (κ1) is 36.8. The van der Waals surface area contributed by atoms with Crippen molar-refractivity contribution in [3.8, 4) is 0 Å². The largest absolute Gasteiger partial charge is 0.359 e. The third kappa shape index (κ3) is 7.48. The van der Waals surface area contributed by atoms with Gasteiger partial charge in [0.2, 0.25) is 0 Å². The zero-order chi connectivity index (χ0) is 31.4. The van der Waals surface area contributed by atoms with Crippen molar-refractivity contribution >= 4 is 11.4 Å². The van der Waals surface area contributed by atoms with Crippen molar-refractivity contribution in [3.05, 3.63) is 65.9 Å². The molecule has 4 rings (SSSR count). The fourth-order valence-corrected chi connectivity index (χ4v) is 8.30. The monoisotopic (exact) mass is 606 g/mol. The van der Waals surface area contributed by atoms with Crippen LogP contribution >= 0.6 is 0 Å². The minimum Gasteiger partial charge on any atom is -0.359 e. The summed E-state index contributed by atoms with van der Waals surface area (Å²) >= 11 is 0. The molecule has 0 aromatic heterocycles. The van der Waals surface area contributed by atoms with Crippen molar-refractivity contribution in [1.29, 1.82) is 0 Å². The maximum absolute atomic E-state index is 14.3. The third-order valence-electron chi connectivity index (χ3n) is 10.7. The van der Waals surface area contributed by atoms with Crippen LogP contribution in [0.5, 0.6) is 0 Å². The minimum atomic E-state index is -1.46. The van der Waals surface area contributed by atoms with E-state index in [-0.39, 0.29) is 14.6 Å².